The first-order valence-corrected chi connectivity index (χ1v) is 7.27. The smallest absolute Gasteiger partial charge is 0.246 e. The van der Waals surface area contributed by atoms with Gasteiger partial charge in [-0.3, -0.25) is 9.79 Å². The largest absolute Gasteiger partial charge is 0.324 e. The van der Waals surface area contributed by atoms with Crippen LogP contribution >= 0.6 is 34.8 Å². The maximum absolute atomic E-state index is 11.7. The summed E-state index contributed by atoms with van der Waals surface area (Å²) in [6, 6.07) is 10.4. The van der Waals surface area contributed by atoms with E-state index in [0.717, 1.165) is 5.56 Å². The van der Waals surface area contributed by atoms with Crippen LogP contribution in [0.2, 0.25) is 15.1 Å². The van der Waals surface area contributed by atoms with Gasteiger partial charge in [-0.15, -0.1) is 0 Å². The minimum absolute atomic E-state index is 0.0284. The second kappa shape index (κ2) is 5.68. The predicted molar refractivity (Wildman–Crippen MR) is 87.0 cm³/mol. The molecule has 3 nitrogen and oxygen atoms in total. The van der Waals surface area contributed by atoms with E-state index >= 15 is 0 Å². The number of carbonyl (C=O) groups is 1. The third kappa shape index (κ3) is 2.91. The first-order chi connectivity index (χ1) is 10.0. The fourth-order valence-corrected chi connectivity index (χ4v) is 2.83. The van der Waals surface area contributed by atoms with Crippen LogP contribution in [0.3, 0.4) is 0 Å². The van der Waals surface area contributed by atoms with Crippen LogP contribution in [0.1, 0.15) is 11.1 Å². The number of anilines is 1. The third-order valence-electron chi connectivity index (χ3n) is 3.08. The molecule has 2 aromatic rings. The van der Waals surface area contributed by atoms with Gasteiger partial charge >= 0.3 is 0 Å². The van der Waals surface area contributed by atoms with E-state index in [-0.39, 0.29) is 12.5 Å². The average molecular weight is 340 g/mol. The van der Waals surface area contributed by atoms with Crippen molar-refractivity contribution in [3.63, 3.8) is 0 Å². The first-order valence-electron chi connectivity index (χ1n) is 6.14. The van der Waals surface area contributed by atoms with Gasteiger partial charge < -0.3 is 5.32 Å². The van der Waals surface area contributed by atoms with Gasteiger partial charge in [-0.1, -0.05) is 34.8 Å². The Labute approximate surface area is 136 Å². The molecule has 0 saturated carbocycles. The van der Waals surface area contributed by atoms with Crippen LogP contribution in [0.4, 0.5) is 5.69 Å². The summed E-state index contributed by atoms with van der Waals surface area (Å²) in [6.45, 7) is 0.0284. The molecule has 1 amide bonds. The molecule has 0 bridgehead atoms. The third-order valence-corrected chi connectivity index (χ3v) is 3.86. The number of benzene rings is 2. The highest BCUT2D eigenvalue weighted by atomic mass is 35.5. The quantitative estimate of drug-likeness (QED) is 0.820. The fraction of sp³-hybridized carbons (Fsp3) is 0.0667. The van der Waals surface area contributed by atoms with Crippen LogP contribution in [0.25, 0.3) is 0 Å². The summed E-state index contributed by atoms with van der Waals surface area (Å²) in [5.74, 6) is -0.182. The molecule has 0 spiro atoms. The van der Waals surface area contributed by atoms with Gasteiger partial charge in [-0.25, -0.2) is 0 Å². The highest BCUT2D eigenvalue weighted by Crippen LogP contribution is 2.30. The normalized spacial score (nSPS) is 14.0. The lowest BCUT2D eigenvalue weighted by atomic mass is 10.0. The van der Waals surface area contributed by atoms with Crippen LogP contribution in [0.5, 0.6) is 0 Å². The number of carbonyl (C=O) groups excluding carboxylic acids is 1. The highest BCUT2D eigenvalue weighted by Gasteiger charge is 2.20. The number of aliphatic imine (C=N–C) groups is 1. The summed E-state index contributed by atoms with van der Waals surface area (Å²) in [5.41, 5.74) is 2.72. The molecule has 3 rings (SSSR count). The van der Waals surface area contributed by atoms with Crippen molar-refractivity contribution < 1.29 is 4.79 Å². The second-order valence-electron chi connectivity index (χ2n) is 4.53. The van der Waals surface area contributed by atoms with Crippen molar-refractivity contribution in [3.8, 4) is 0 Å². The van der Waals surface area contributed by atoms with Crippen LogP contribution in [-0.4, -0.2) is 18.2 Å². The number of nitrogens with zero attached hydrogens (tertiary/aromatic N) is 1. The van der Waals surface area contributed by atoms with E-state index in [1.807, 2.05) is 0 Å². The van der Waals surface area contributed by atoms with Crippen LogP contribution in [0.15, 0.2) is 41.4 Å². The number of halogens is 3. The van der Waals surface area contributed by atoms with Gasteiger partial charge in [0.2, 0.25) is 5.91 Å². The lowest BCUT2D eigenvalue weighted by Crippen LogP contribution is -2.13. The molecule has 0 atom stereocenters. The minimum atomic E-state index is -0.182. The van der Waals surface area contributed by atoms with Gasteiger partial charge in [0.15, 0.2) is 0 Å². The number of nitrogens with one attached hydrogen (secondary N) is 1. The Bertz CT molecular complexity index is 772. The Hall–Kier alpha value is -1.55. The average Bonchev–Trinajstić information content (AvgIpc) is 2.58. The molecule has 6 heteroatoms. The van der Waals surface area contributed by atoms with E-state index in [2.05, 4.69) is 10.3 Å². The molecular weight excluding hydrogens is 331 g/mol. The van der Waals surface area contributed by atoms with Crippen molar-refractivity contribution in [2.75, 3.05) is 11.9 Å². The van der Waals surface area contributed by atoms with Gasteiger partial charge in [-0.05, 0) is 36.4 Å². The van der Waals surface area contributed by atoms with Crippen molar-refractivity contribution in [1.82, 2.24) is 0 Å². The highest BCUT2D eigenvalue weighted by molar-refractivity contribution is 6.38. The maximum Gasteiger partial charge on any atom is 0.246 e. The Balaban J connectivity index is 2.22. The lowest BCUT2D eigenvalue weighted by molar-refractivity contribution is -0.114. The monoisotopic (exact) mass is 338 g/mol. The molecule has 0 fully saturated rings. The Morgan fingerprint density at radius 2 is 1.67 bits per heavy atom. The Kier molecular flexibility index (Phi) is 3.89. The van der Waals surface area contributed by atoms with Gasteiger partial charge in [-0.2, -0.15) is 0 Å². The Morgan fingerprint density at radius 3 is 2.43 bits per heavy atom. The Morgan fingerprint density at radius 1 is 0.952 bits per heavy atom. The van der Waals surface area contributed by atoms with E-state index < -0.39 is 0 Å². The van der Waals surface area contributed by atoms with Crippen molar-refractivity contribution in [2.45, 2.75) is 0 Å². The zero-order valence-electron chi connectivity index (χ0n) is 10.7. The van der Waals surface area contributed by atoms with Crippen molar-refractivity contribution in [1.29, 1.82) is 0 Å². The minimum Gasteiger partial charge on any atom is -0.324 e. The van der Waals surface area contributed by atoms with Crippen LogP contribution in [0, 0.1) is 0 Å². The van der Waals surface area contributed by atoms with Crippen molar-refractivity contribution >= 4 is 52.1 Å². The second-order valence-corrected chi connectivity index (χ2v) is 5.81. The molecule has 1 N–H and O–H groups in total. The summed E-state index contributed by atoms with van der Waals surface area (Å²) in [5, 5.41) is 4.37. The molecule has 106 valence electrons. The van der Waals surface area contributed by atoms with Crippen molar-refractivity contribution in [3.05, 3.63) is 62.6 Å². The van der Waals surface area contributed by atoms with Crippen molar-refractivity contribution in [2.24, 2.45) is 4.99 Å². The van der Waals surface area contributed by atoms with E-state index in [4.69, 9.17) is 34.8 Å². The molecule has 1 aliphatic heterocycles. The number of hydrogen-bond acceptors (Lipinski definition) is 2. The van der Waals surface area contributed by atoms with Crippen LogP contribution in [-0.2, 0) is 4.79 Å². The molecule has 21 heavy (non-hydrogen) atoms. The summed E-state index contributed by atoms with van der Waals surface area (Å²) in [4.78, 5) is 16.1. The predicted octanol–water partition coefficient (Wildman–Crippen LogP) is 4.44. The van der Waals surface area contributed by atoms with E-state index in [1.165, 1.54) is 0 Å². The summed E-state index contributed by atoms with van der Waals surface area (Å²) in [7, 11) is 0. The van der Waals surface area contributed by atoms with E-state index in [9.17, 15) is 4.79 Å². The number of fused-ring (bicyclic) bond motifs is 1. The summed E-state index contributed by atoms with van der Waals surface area (Å²) < 4.78 is 0. The van der Waals surface area contributed by atoms with E-state index in [0.29, 0.717) is 32.0 Å². The standard InChI is InChI=1S/C15H9Cl3N2O/c16-8-2-4-13-11(5-8)15(19-7-14(21)20-13)10-3-1-9(17)6-12(10)18/h1-6H,7H2,(H,20,21). The molecule has 0 radical (unpaired) electrons. The SMILES string of the molecule is O=C1CN=C(c2ccc(Cl)cc2Cl)c2cc(Cl)ccc2N1. The molecular formula is C15H9Cl3N2O. The number of amides is 1. The number of rotatable bonds is 1. The molecule has 1 heterocycles. The summed E-state index contributed by atoms with van der Waals surface area (Å²) >= 11 is 18.2. The fourth-order valence-electron chi connectivity index (χ4n) is 2.16. The molecule has 1 aliphatic rings. The number of benzodiazepines with no additional fused rings is 1. The molecule has 2 aromatic carbocycles. The topological polar surface area (TPSA) is 41.5 Å². The first kappa shape index (κ1) is 14.4. The van der Waals surface area contributed by atoms with Gasteiger partial charge in [0.25, 0.3) is 0 Å². The zero-order chi connectivity index (χ0) is 15.0. The molecule has 0 aromatic heterocycles. The molecule has 0 saturated heterocycles. The summed E-state index contributed by atoms with van der Waals surface area (Å²) in [6.07, 6.45) is 0. The van der Waals surface area contributed by atoms with Gasteiger partial charge in [0.1, 0.15) is 6.54 Å². The maximum atomic E-state index is 11.7. The molecule has 0 unspecified atom stereocenters. The van der Waals surface area contributed by atoms with Crippen LogP contribution < -0.4 is 5.32 Å². The van der Waals surface area contributed by atoms with Gasteiger partial charge in [0, 0.05) is 21.2 Å². The molecule has 0 aliphatic carbocycles. The lowest BCUT2D eigenvalue weighted by Gasteiger charge is -2.11. The van der Waals surface area contributed by atoms with Gasteiger partial charge in [0.05, 0.1) is 16.4 Å². The van der Waals surface area contributed by atoms with E-state index in [1.54, 1.807) is 36.4 Å². The number of hydrogen-bond donors (Lipinski definition) is 1. The zero-order valence-corrected chi connectivity index (χ0v) is 12.9.